The molecule has 0 aliphatic heterocycles. The Kier molecular flexibility index (Phi) is 7.52. The van der Waals surface area contributed by atoms with Crippen LogP contribution in [-0.2, 0) is 21.4 Å². The van der Waals surface area contributed by atoms with Crippen LogP contribution >= 0.6 is 11.3 Å². The van der Waals surface area contributed by atoms with E-state index in [9.17, 15) is 18.0 Å². The summed E-state index contributed by atoms with van der Waals surface area (Å²) in [5, 5.41) is 7.22. The molecule has 146 valence electrons. The van der Waals surface area contributed by atoms with E-state index in [0.717, 1.165) is 0 Å². The van der Waals surface area contributed by atoms with Crippen molar-refractivity contribution in [1.29, 1.82) is 0 Å². The molecule has 2 rings (SSSR count). The molecule has 0 radical (unpaired) electrons. The van der Waals surface area contributed by atoms with Gasteiger partial charge < -0.3 is 10.6 Å². The first-order valence-electron chi connectivity index (χ1n) is 8.47. The Morgan fingerprint density at radius 1 is 1.11 bits per heavy atom. The summed E-state index contributed by atoms with van der Waals surface area (Å²) in [4.78, 5) is 24.5. The van der Waals surface area contributed by atoms with Gasteiger partial charge in [-0.05, 0) is 43.0 Å². The molecule has 0 atom stereocenters. The Bertz CT molecular complexity index is 878. The fraction of sp³-hybridized carbons (Fsp3) is 0.333. The molecule has 2 aromatic rings. The smallest absolute Gasteiger partial charge is 0.261 e. The van der Waals surface area contributed by atoms with Crippen molar-refractivity contribution in [3.63, 3.8) is 0 Å². The molecule has 0 saturated heterocycles. The van der Waals surface area contributed by atoms with Crippen molar-refractivity contribution < 1.29 is 18.0 Å². The molecule has 0 aliphatic rings. The first-order valence-corrected chi connectivity index (χ1v) is 10.8. The van der Waals surface area contributed by atoms with Crippen LogP contribution in [0.15, 0.2) is 46.7 Å². The first-order chi connectivity index (χ1) is 12.8. The largest absolute Gasteiger partial charge is 0.352 e. The molecule has 0 saturated carbocycles. The zero-order valence-corrected chi connectivity index (χ0v) is 16.8. The highest BCUT2D eigenvalue weighted by Crippen LogP contribution is 2.12. The second-order valence-corrected chi connectivity index (χ2v) is 8.84. The normalized spacial score (nSPS) is 11.4. The lowest BCUT2D eigenvalue weighted by Crippen LogP contribution is -2.31. The van der Waals surface area contributed by atoms with Crippen LogP contribution in [0.3, 0.4) is 0 Å². The van der Waals surface area contributed by atoms with E-state index in [-0.39, 0.29) is 42.3 Å². The van der Waals surface area contributed by atoms with E-state index in [2.05, 4.69) is 15.4 Å². The van der Waals surface area contributed by atoms with Gasteiger partial charge in [0.2, 0.25) is 15.9 Å². The first kappa shape index (κ1) is 21.1. The van der Waals surface area contributed by atoms with Crippen LogP contribution in [-0.4, -0.2) is 32.8 Å². The van der Waals surface area contributed by atoms with Gasteiger partial charge >= 0.3 is 0 Å². The fourth-order valence-electron chi connectivity index (χ4n) is 2.27. The molecule has 0 bridgehead atoms. The summed E-state index contributed by atoms with van der Waals surface area (Å²) in [5.41, 5.74) is 0.678. The predicted molar refractivity (Wildman–Crippen MR) is 105 cm³/mol. The second kappa shape index (κ2) is 9.63. The lowest BCUT2D eigenvalue weighted by Gasteiger charge is -2.11. The molecule has 9 heteroatoms. The third-order valence-electron chi connectivity index (χ3n) is 3.47. The van der Waals surface area contributed by atoms with Gasteiger partial charge in [-0.3, -0.25) is 9.59 Å². The maximum Gasteiger partial charge on any atom is 0.261 e. The number of rotatable bonds is 9. The zero-order chi connectivity index (χ0) is 19.9. The van der Waals surface area contributed by atoms with E-state index >= 15 is 0 Å². The van der Waals surface area contributed by atoms with Crippen LogP contribution in [0.2, 0.25) is 0 Å². The van der Waals surface area contributed by atoms with Crippen LogP contribution in [0.4, 0.5) is 0 Å². The Morgan fingerprint density at radius 3 is 2.56 bits per heavy atom. The summed E-state index contributed by atoms with van der Waals surface area (Å²) in [5.74, 6) is -0.427. The van der Waals surface area contributed by atoms with Gasteiger partial charge in [-0.1, -0.05) is 18.2 Å². The van der Waals surface area contributed by atoms with Crippen LogP contribution in [0.1, 0.15) is 35.5 Å². The van der Waals surface area contributed by atoms with Gasteiger partial charge in [0.25, 0.3) is 5.91 Å². The third kappa shape index (κ3) is 6.78. The molecule has 1 aromatic heterocycles. The highest BCUT2D eigenvalue weighted by atomic mass is 32.2. The average Bonchev–Trinajstić information content (AvgIpc) is 3.14. The number of carbonyl (C=O) groups is 2. The Balaban J connectivity index is 1.81. The molecule has 0 fully saturated rings. The predicted octanol–water partition coefficient (Wildman–Crippen LogP) is 1.87. The Morgan fingerprint density at radius 2 is 1.89 bits per heavy atom. The highest BCUT2D eigenvalue weighted by molar-refractivity contribution is 7.89. The third-order valence-corrected chi connectivity index (χ3v) is 6.00. The molecule has 2 amide bonds. The number of benzene rings is 1. The van der Waals surface area contributed by atoms with E-state index < -0.39 is 10.0 Å². The minimum Gasteiger partial charge on any atom is -0.352 e. The van der Waals surface area contributed by atoms with Crippen LogP contribution in [0.5, 0.6) is 0 Å². The van der Waals surface area contributed by atoms with Gasteiger partial charge in [0.05, 0.1) is 9.77 Å². The lowest BCUT2D eigenvalue weighted by atomic mass is 10.2. The van der Waals surface area contributed by atoms with Gasteiger partial charge in [0, 0.05) is 25.6 Å². The van der Waals surface area contributed by atoms with Crippen molar-refractivity contribution in [3.8, 4) is 0 Å². The molecule has 0 unspecified atom stereocenters. The summed E-state index contributed by atoms with van der Waals surface area (Å²) >= 11 is 1.34. The fourth-order valence-corrected chi connectivity index (χ4v) is 4.24. The summed E-state index contributed by atoms with van der Waals surface area (Å²) in [6.07, 6.45) is 0.143. The van der Waals surface area contributed by atoms with Gasteiger partial charge in [0.15, 0.2) is 0 Å². The molecular weight excluding hydrogens is 386 g/mol. The lowest BCUT2D eigenvalue weighted by molar-refractivity contribution is -0.121. The van der Waals surface area contributed by atoms with Gasteiger partial charge in [-0.25, -0.2) is 13.1 Å². The van der Waals surface area contributed by atoms with Crippen LogP contribution < -0.4 is 15.4 Å². The van der Waals surface area contributed by atoms with Gasteiger partial charge in [0.1, 0.15) is 0 Å². The molecule has 1 aromatic carbocycles. The zero-order valence-electron chi connectivity index (χ0n) is 15.2. The number of sulfonamides is 1. The number of hydrogen-bond acceptors (Lipinski definition) is 5. The number of nitrogens with one attached hydrogen (secondary N) is 3. The van der Waals surface area contributed by atoms with Crippen molar-refractivity contribution in [2.75, 3.05) is 6.54 Å². The van der Waals surface area contributed by atoms with Crippen LogP contribution in [0.25, 0.3) is 0 Å². The summed E-state index contributed by atoms with van der Waals surface area (Å²) in [6, 6.07) is 9.72. The topological polar surface area (TPSA) is 104 Å². The van der Waals surface area contributed by atoms with E-state index in [4.69, 9.17) is 0 Å². The van der Waals surface area contributed by atoms with Gasteiger partial charge in [-0.2, -0.15) is 0 Å². The number of thiophene rings is 1. The molecule has 27 heavy (non-hydrogen) atoms. The standard InChI is InChI=1S/C18H23N3O4S2/c1-13(2)21-27(24,25)15-6-3-5-14(11-15)12-20-17(22)8-9-19-18(23)16-7-4-10-26-16/h3-7,10-11,13,21H,8-9,12H2,1-2H3,(H,19,23)(H,20,22). The number of carbonyl (C=O) groups excluding carboxylic acids is 2. The van der Waals surface area contributed by atoms with Crippen molar-refractivity contribution in [3.05, 3.63) is 52.2 Å². The van der Waals surface area contributed by atoms with E-state index in [1.807, 2.05) is 5.38 Å². The van der Waals surface area contributed by atoms with Crippen molar-refractivity contribution in [1.82, 2.24) is 15.4 Å². The quantitative estimate of drug-likeness (QED) is 0.588. The maximum absolute atomic E-state index is 12.2. The Labute approximate surface area is 163 Å². The van der Waals surface area contributed by atoms with Gasteiger partial charge in [-0.15, -0.1) is 11.3 Å². The number of amides is 2. The SMILES string of the molecule is CC(C)NS(=O)(=O)c1cccc(CNC(=O)CCNC(=O)c2cccs2)c1. The molecule has 3 N–H and O–H groups in total. The minimum atomic E-state index is -3.58. The summed E-state index contributed by atoms with van der Waals surface area (Å²) < 4.78 is 26.9. The van der Waals surface area contributed by atoms with Crippen molar-refractivity contribution in [2.24, 2.45) is 0 Å². The highest BCUT2D eigenvalue weighted by Gasteiger charge is 2.15. The summed E-state index contributed by atoms with van der Waals surface area (Å²) in [6.45, 7) is 3.94. The Hall–Kier alpha value is -2.23. The molecular formula is C18H23N3O4S2. The molecule has 1 heterocycles. The second-order valence-electron chi connectivity index (χ2n) is 6.18. The summed E-state index contributed by atoms with van der Waals surface area (Å²) in [7, 11) is -3.58. The molecule has 7 nitrogen and oxygen atoms in total. The van der Waals surface area contributed by atoms with Crippen molar-refractivity contribution >= 4 is 33.2 Å². The average molecular weight is 410 g/mol. The number of hydrogen-bond donors (Lipinski definition) is 3. The minimum absolute atomic E-state index is 0.143. The molecule has 0 aliphatic carbocycles. The van der Waals surface area contributed by atoms with Crippen molar-refractivity contribution in [2.45, 2.75) is 37.8 Å². The molecule has 0 spiro atoms. The monoisotopic (exact) mass is 409 g/mol. The van der Waals surface area contributed by atoms with E-state index in [1.165, 1.54) is 23.5 Å². The van der Waals surface area contributed by atoms with E-state index in [1.54, 1.807) is 38.1 Å². The maximum atomic E-state index is 12.2. The van der Waals surface area contributed by atoms with E-state index in [0.29, 0.717) is 10.4 Å². The van der Waals surface area contributed by atoms with Crippen LogP contribution in [0, 0.1) is 0 Å².